The molecule has 0 bridgehead atoms. The Morgan fingerprint density at radius 2 is 1.95 bits per heavy atom. The number of hydrogen-bond acceptors (Lipinski definition) is 5. The van der Waals surface area contributed by atoms with Gasteiger partial charge in [-0.05, 0) is 23.8 Å². The zero-order valence-corrected chi connectivity index (χ0v) is 12.0. The Morgan fingerprint density at radius 3 is 2.67 bits per heavy atom. The smallest absolute Gasteiger partial charge is 0.163 e. The molecular weight excluding hydrogens is 268 g/mol. The standard InChI is InChI=1S/C16H20N2O3/c1-20-15-7-6-13(10-16(15)21-9-8-19)18-11-12-4-2-3-5-14(12)17/h2-7,10,18-19H,8-9,11,17H2,1H3. The molecule has 21 heavy (non-hydrogen) atoms. The second-order valence-electron chi connectivity index (χ2n) is 4.49. The third-order valence-electron chi connectivity index (χ3n) is 3.05. The number of nitrogens with two attached hydrogens (primary N) is 1. The molecule has 2 aromatic carbocycles. The molecule has 0 amide bonds. The van der Waals surface area contributed by atoms with E-state index in [9.17, 15) is 0 Å². The minimum Gasteiger partial charge on any atom is -0.493 e. The molecule has 0 heterocycles. The Labute approximate surface area is 124 Å². The SMILES string of the molecule is COc1ccc(NCc2ccccc2N)cc1OCCO. The molecule has 2 rings (SSSR count). The summed E-state index contributed by atoms with van der Waals surface area (Å²) in [4.78, 5) is 0. The van der Waals surface area contributed by atoms with Crippen LogP contribution >= 0.6 is 0 Å². The third-order valence-corrected chi connectivity index (χ3v) is 3.05. The summed E-state index contributed by atoms with van der Waals surface area (Å²) in [7, 11) is 1.58. The van der Waals surface area contributed by atoms with Gasteiger partial charge in [-0.15, -0.1) is 0 Å². The summed E-state index contributed by atoms with van der Waals surface area (Å²) >= 11 is 0. The molecule has 0 saturated heterocycles. The molecular formula is C16H20N2O3. The average Bonchev–Trinajstić information content (AvgIpc) is 2.52. The first kappa shape index (κ1) is 15.0. The summed E-state index contributed by atoms with van der Waals surface area (Å²) in [6.45, 7) is 0.811. The first-order valence-electron chi connectivity index (χ1n) is 6.73. The highest BCUT2D eigenvalue weighted by Gasteiger charge is 2.06. The molecule has 2 aromatic rings. The maximum atomic E-state index is 8.85. The summed E-state index contributed by atoms with van der Waals surface area (Å²) in [5.41, 5.74) is 8.60. The van der Waals surface area contributed by atoms with Crippen molar-refractivity contribution in [3.63, 3.8) is 0 Å². The fourth-order valence-electron chi connectivity index (χ4n) is 1.95. The number of methoxy groups -OCH3 is 1. The molecule has 0 spiro atoms. The van der Waals surface area contributed by atoms with Gasteiger partial charge in [0.25, 0.3) is 0 Å². The minimum atomic E-state index is -0.0403. The quantitative estimate of drug-likeness (QED) is 0.681. The molecule has 0 aliphatic carbocycles. The van der Waals surface area contributed by atoms with Crippen molar-refractivity contribution in [1.29, 1.82) is 0 Å². The van der Waals surface area contributed by atoms with E-state index in [4.69, 9.17) is 20.3 Å². The molecule has 0 aliphatic heterocycles. The maximum absolute atomic E-state index is 8.85. The molecule has 0 unspecified atom stereocenters. The average molecular weight is 288 g/mol. The number of anilines is 2. The van der Waals surface area contributed by atoms with Gasteiger partial charge >= 0.3 is 0 Å². The van der Waals surface area contributed by atoms with E-state index in [-0.39, 0.29) is 13.2 Å². The van der Waals surface area contributed by atoms with Crippen LogP contribution in [0.2, 0.25) is 0 Å². The van der Waals surface area contributed by atoms with Gasteiger partial charge in [0.05, 0.1) is 13.7 Å². The summed E-state index contributed by atoms with van der Waals surface area (Å²) in [5.74, 6) is 1.23. The molecule has 5 heteroatoms. The third kappa shape index (κ3) is 4.03. The normalized spacial score (nSPS) is 10.2. The van der Waals surface area contributed by atoms with Gasteiger partial charge in [-0.25, -0.2) is 0 Å². The maximum Gasteiger partial charge on any atom is 0.163 e. The van der Waals surface area contributed by atoms with Crippen LogP contribution in [0.15, 0.2) is 42.5 Å². The van der Waals surface area contributed by atoms with E-state index in [1.807, 2.05) is 42.5 Å². The number of hydrogen-bond donors (Lipinski definition) is 3. The monoisotopic (exact) mass is 288 g/mol. The van der Waals surface area contributed by atoms with Crippen molar-refractivity contribution in [1.82, 2.24) is 0 Å². The zero-order valence-electron chi connectivity index (χ0n) is 12.0. The number of nitrogen functional groups attached to an aromatic ring is 1. The van der Waals surface area contributed by atoms with Gasteiger partial charge in [-0.2, -0.15) is 0 Å². The number of para-hydroxylation sites is 1. The highest BCUT2D eigenvalue weighted by molar-refractivity contribution is 5.56. The summed E-state index contributed by atoms with van der Waals surface area (Å²) in [6.07, 6.45) is 0. The number of rotatable bonds is 7. The van der Waals surface area contributed by atoms with Gasteiger partial charge in [0, 0.05) is 24.0 Å². The molecule has 0 aliphatic rings. The number of aliphatic hydroxyl groups is 1. The van der Waals surface area contributed by atoms with Crippen LogP contribution < -0.4 is 20.5 Å². The second kappa shape index (κ2) is 7.40. The van der Waals surface area contributed by atoms with Crippen molar-refractivity contribution in [3.05, 3.63) is 48.0 Å². The van der Waals surface area contributed by atoms with Crippen LogP contribution in [-0.4, -0.2) is 25.4 Å². The van der Waals surface area contributed by atoms with Gasteiger partial charge in [0.1, 0.15) is 6.61 Å². The number of benzene rings is 2. The predicted octanol–water partition coefficient (Wildman–Crippen LogP) is 2.26. The summed E-state index contributed by atoms with van der Waals surface area (Å²) < 4.78 is 10.7. The van der Waals surface area contributed by atoms with Crippen molar-refractivity contribution >= 4 is 11.4 Å². The number of ether oxygens (including phenoxy) is 2. The topological polar surface area (TPSA) is 76.7 Å². The van der Waals surface area contributed by atoms with E-state index in [0.29, 0.717) is 18.0 Å². The van der Waals surface area contributed by atoms with Gasteiger partial charge in [-0.1, -0.05) is 18.2 Å². The number of nitrogens with one attached hydrogen (secondary N) is 1. The van der Waals surface area contributed by atoms with E-state index in [2.05, 4.69) is 5.32 Å². The van der Waals surface area contributed by atoms with Gasteiger partial charge in [-0.3, -0.25) is 0 Å². The van der Waals surface area contributed by atoms with Crippen molar-refractivity contribution in [2.45, 2.75) is 6.54 Å². The van der Waals surface area contributed by atoms with Crippen LogP contribution in [0, 0.1) is 0 Å². The Kier molecular flexibility index (Phi) is 5.29. The molecule has 0 fully saturated rings. The first-order valence-corrected chi connectivity index (χ1v) is 6.73. The largest absolute Gasteiger partial charge is 0.493 e. The Morgan fingerprint density at radius 1 is 1.14 bits per heavy atom. The van der Waals surface area contributed by atoms with E-state index in [1.165, 1.54) is 0 Å². The Balaban J connectivity index is 2.08. The van der Waals surface area contributed by atoms with E-state index in [1.54, 1.807) is 7.11 Å². The van der Waals surface area contributed by atoms with E-state index in [0.717, 1.165) is 16.9 Å². The lowest BCUT2D eigenvalue weighted by atomic mass is 10.2. The van der Waals surface area contributed by atoms with Crippen molar-refractivity contribution in [3.8, 4) is 11.5 Å². The van der Waals surface area contributed by atoms with Crippen molar-refractivity contribution in [2.75, 3.05) is 31.4 Å². The van der Waals surface area contributed by atoms with Crippen LogP contribution in [0.25, 0.3) is 0 Å². The second-order valence-corrected chi connectivity index (χ2v) is 4.49. The van der Waals surface area contributed by atoms with Gasteiger partial charge < -0.3 is 25.6 Å². The summed E-state index contributed by atoms with van der Waals surface area (Å²) in [5, 5.41) is 12.1. The highest BCUT2D eigenvalue weighted by atomic mass is 16.5. The molecule has 0 aromatic heterocycles. The van der Waals surface area contributed by atoms with Crippen LogP contribution in [0.1, 0.15) is 5.56 Å². The highest BCUT2D eigenvalue weighted by Crippen LogP contribution is 2.30. The van der Waals surface area contributed by atoms with Crippen LogP contribution in [0.5, 0.6) is 11.5 Å². The molecule has 0 saturated carbocycles. The number of aliphatic hydroxyl groups excluding tert-OH is 1. The fraction of sp³-hybridized carbons (Fsp3) is 0.250. The van der Waals surface area contributed by atoms with Crippen LogP contribution in [-0.2, 0) is 6.54 Å². The van der Waals surface area contributed by atoms with Crippen LogP contribution in [0.4, 0.5) is 11.4 Å². The fourth-order valence-corrected chi connectivity index (χ4v) is 1.95. The van der Waals surface area contributed by atoms with E-state index < -0.39 is 0 Å². The lowest BCUT2D eigenvalue weighted by Gasteiger charge is -2.13. The predicted molar refractivity (Wildman–Crippen MR) is 83.8 cm³/mol. The lowest BCUT2D eigenvalue weighted by molar-refractivity contribution is 0.196. The Hall–Kier alpha value is -2.40. The zero-order chi connectivity index (χ0) is 15.1. The summed E-state index contributed by atoms with van der Waals surface area (Å²) in [6, 6.07) is 13.3. The molecule has 4 N–H and O–H groups in total. The lowest BCUT2D eigenvalue weighted by Crippen LogP contribution is -2.05. The minimum absolute atomic E-state index is 0.0403. The van der Waals surface area contributed by atoms with Gasteiger partial charge in [0.2, 0.25) is 0 Å². The van der Waals surface area contributed by atoms with Crippen molar-refractivity contribution < 1.29 is 14.6 Å². The van der Waals surface area contributed by atoms with Crippen LogP contribution in [0.3, 0.4) is 0 Å². The van der Waals surface area contributed by atoms with Gasteiger partial charge in [0.15, 0.2) is 11.5 Å². The molecule has 5 nitrogen and oxygen atoms in total. The Bertz CT molecular complexity index is 587. The van der Waals surface area contributed by atoms with E-state index >= 15 is 0 Å². The van der Waals surface area contributed by atoms with Crippen molar-refractivity contribution in [2.24, 2.45) is 0 Å². The molecule has 0 atom stereocenters. The molecule has 112 valence electrons. The first-order chi connectivity index (χ1) is 10.2. The molecule has 0 radical (unpaired) electrons.